The van der Waals surface area contributed by atoms with Crippen LogP contribution >= 0.6 is 0 Å². The first-order chi connectivity index (χ1) is 41.0. The molecule has 0 saturated heterocycles. The molecule has 0 fully saturated rings. The molecule has 0 aliphatic rings. The minimum Gasteiger partial charge on any atom is -0.462 e. The van der Waals surface area contributed by atoms with Gasteiger partial charge in [0.25, 0.3) is 0 Å². The number of rotatable bonds is 62. The Morgan fingerprint density at radius 1 is 0.253 bits per heavy atom. The summed E-state index contributed by atoms with van der Waals surface area (Å²) < 4.78 is 16.9. The summed E-state index contributed by atoms with van der Waals surface area (Å²) in [6.45, 7) is 6.40. The second-order valence-corrected chi connectivity index (χ2v) is 22.7. The van der Waals surface area contributed by atoms with E-state index in [4.69, 9.17) is 14.2 Å². The summed E-state index contributed by atoms with van der Waals surface area (Å²) in [6.07, 6.45) is 99.0. The van der Waals surface area contributed by atoms with E-state index in [1.54, 1.807) is 0 Å². The zero-order valence-corrected chi connectivity index (χ0v) is 54.2. The third kappa shape index (κ3) is 68.2. The van der Waals surface area contributed by atoms with Crippen molar-refractivity contribution in [2.45, 2.75) is 322 Å². The maximum absolute atomic E-state index is 12.9. The Hall–Kier alpha value is -4.45. The molecule has 0 spiro atoms. The Morgan fingerprint density at radius 3 is 0.771 bits per heavy atom. The third-order valence-corrected chi connectivity index (χ3v) is 14.7. The molecule has 6 heteroatoms. The quantitative estimate of drug-likeness (QED) is 0.0261. The first kappa shape index (κ1) is 78.5. The van der Waals surface area contributed by atoms with Crippen molar-refractivity contribution in [2.24, 2.45) is 0 Å². The molecule has 472 valence electrons. The van der Waals surface area contributed by atoms with Gasteiger partial charge in [-0.25, -0.2) is 0 Å². The predicted molar refractivity (Wildman–Crippen MR) is 362 cm³/mol. The highest BCUT2D eigenvalue weighted by Gasteiger charge is 2.19. The summed E-state index contributed by atoms with van der Waals surface area (Å²) in [7, 11) is 0. The van der Waals surface area contributed by atoms with Gasteiger partial charge in [-0.05, 0) is 109 Å². The fourth-order valence-corrected chi connectivity index (χ4v) is 9.54. The van der Waals surface area contributed by atoms with E-state index in [0.717, 1.165) is 116 Å². The fraction of sp³-hybridized carbons (Fsp3) is 0.675. The minimum absolute atomic E-state index is 0.101. The molecule has 1 unspecified atom stereocenters. The van der Waals surface area contributed by atoms with Crippen LogP contribution in [0.25, 0.3) is 0 Å². The zero-order chi connectivity index (χ0) is 59.9. The number of unbranched alkanes of at least 4 members (excludes halogenated alkanes) is 29. The number of hydrogen-bond acceptors (Lipinski definition) is 6. The molecule has 0 amide bonds. The summed E-state index contributed by atoms with van der Waals surface area (Å²) in [5, 5.41) is 0. The van der Waals surface area contributed by atoms with Gasteiger partial charge in [0.2, 0.25) is 0 Å². The van der Waals surface area contributed by atoms with Crippen molar-refractivity contribution in [3.63, 3.8) is 0 Å². The number of carbonyl (C=O) groups excluding carboxylic acids is 3. The molecule has 0 aliphatic heterocycles. The molecule has 0 heterocycles. The summed E-state index contributed by atoms with van der Waals surface area (Å²) in [6, 6.07) is 0. The van der Waals surface area contributed by atoms with Crippen LogP contribution in [0.5, 0.6) is 0 Å². The first-order valence-corrected chi connectivity index (χ1v) is 34.7. The van der Waals surface area contributed by atoms with Crippen LogP contribution in [0, 0.1) is 0 Å². The summed E-state index contributed by atoms with van der Waals surface area (Å²) >= 11 is 0. The van der Waals surface area contributed by atoms with E-state index in [2.05, 4.69) is 154 Å². The van der Waals surface area contributed by atoms with Crippen LogP contribution in [0.1, 0.15) is 316 Å². The lowest BCUT2D eigenvalue weighted by atomic mass is 10.0. The van der Waals surface area contributed by atoms with Crippen LogP contribution in [0.4, 0.5) is 0 Å². The predicted octanol–water partition coefficient (Wildman–Crippen LogP) is 24.1. The van der Waals surface area contributed by atoms with Gasteiger partial charge in [-0.1, -0.05) is 321 Å². The summed E-state index contributed by atoms with van der Waals surface area (Å²) in [4.78, 5) is 38.4. The van der Waals surface area contributed by atoms with Gasteiger partial charge in [0.05, 0.1) is 0 Å². The number of ether oxygens (including phenoxy) is 3. The molecule has 0 radical (unpaired) electrons. The van der Waals surface area contributed by atoms with E-state index in [0.29, 0.717) is 19.3 Å². The molecule has 6 nitrogen and oxygen atoms in total. The Morgan fingerprint density at radius 2 is 0.482 bits per heavy atom. The van der Waals surface area contributed by atoms with E-state index in [1.807, 2.05) is 0 Å². The Bertz CT molecular complexity index is 1750. The lowest BCUT2D eigenvalue weighted by Gasteiger charge is -2.18. The third-order valence-electron chi connectivity index (χ3n) is 14.7. The molecule has 0 N–H and O–H groups in total. The van der Waals surface area contributed by atoms with Gasteiger partial charge < -0.3 is 14.2 Å². The highest BCUT2D eigenvalue weighted by molar-refractivity contribution is 5.71. The van der Waals surface area contributed by atoms with E-state index in [9.17, 15) is 14.4 Å². The average Bonchev–Trinajstić information content (AvgIpc) is 3.49. The maximum Gasteiger partial charge on any atom is 0.306 e. The number of carbonyl (C=O) groups is 3. The molecule has 0 rings (SSSR count). The number of allylic oxidation sites excluding steroid dienone is 22. The van der Waals surface area contributed by atoms with Crippen molar-refractivity contribution >= 4 is 17.9 Å². The highest BCUT2D eigenvalue weighted by Crippen LogP contribution is 2.17. The van der Waals surface area contributed by atoms with Crippen LogP contribution in [0.3, 0.4) is 0 Å². The highest BCUT2D eigenvalue weighted by atomic mass is 16.6. The molecule has 0 aliphatic carbocycles. The molecular weight excluding hydrogens is 1020 g/mol. The van der Waals surface area contributed by atoms with Crippen LogP contribution in [0.15, 0.2) is 134 Å². The topological polar surface area (TPSA) is 78.9 Å². The maximum atomic E-state index is 12.9. The molecule has 1 atom stereocenters. The van der Waals surface area contributed by atoms with Gasteiger partial charge >= 0.3 is 17.9 Å². The summed E-state index contributed by atoms with van der Waals surface area (Å²) in [5.41, 5.74) is 0. The lowest BCUT2D eigenvalue weighted by molar-refractivity contribution is -0.167. The molecule has 0 saturated carbocycles. The molecule has 0 aromatic heterocycles. The number of hydrogen-bond donors (Lipinski definition) is 0. The molecule has 0 aromatic carbocycles. The van der Waals surface area contributed by atoms with Gasteiger partial charge in [0, 0.05) is 19.3 Å². The van der Waals surface area contributed by atoms with E-state index >= 15 is 0 Å². The van der Waals surface area contributed by atoms with Gasteiger partial charge in [-0.15, -0.1) is 0 Å². The smallest absolute Gasteiger partial charge is 0.306 e. The summed E-state index contributed by atoms with van der Waals surface area (Å²) in [5.74, 6) is -0.952. The van der Waals surface area contributed by atoms with Crippen molar-refractivity contribution in [1.29, 1.82) is 0 Å². The van der Waals surface area contributed by atoms with E-state index in [1.165, 1.54) is 154 Å². The average molecular weight is 1150 g/mol. The monoisotopic (exact) mass is 1150 g/mol. The van der Waals surface area contributed by atoms with Crippen molar-refractivity contribution in [3.05, 3.63) is 134 Å². The second-order valence-electron chi connectivity index (χ2n) is 22.7. The van der Waals surface area contributed by atoms with Crippen LogP contribution in [-0.4, -0.2) is 37.2 Å². The number of esters is 3. The zero-order valence-electron chi connectivity index (χ0n) is 54.2. The van der Waals surface area contributed by atoms with Gasteiger partial charge in [0.15, 0.2) is 6.10 Å². The standard InChI is InChI=1S/C77H128O6/c1-4-7-10-13-16-19-22-25-28-30-32-34-36-37-38-39-41-42-44-46-49-52-55-58-61-64-67-70-76(79)82-73-74(72-81-75(78)69-66-63-60-57-54-51-48-27-24-21-18-15-12-9-6-3)83-77(80)71-68-65-62-59-56-53-50-47-45-43-40-35-33-31-29-26-23-20-17-14-11-8-5-2/h7-8,10-11,16-17,19-20,25-26,28-29,32-35,43,45,50,53,59,62,74H,4-6,9,12-15,18,21-24,27,30-31,36-42,44,46-49,51-52,54-58,60-61,63-73H2,1-3H3/b10-7-,11-8-,19-16-,20-17-,28-25-,29-26-,34-32-,35-33-,45-43-,53-50-,62-59-. The van der Waals surface area contributed by atoms with E-state index in [-0.39, 0.29) is 37.5 Å². The Kier molecular flexibility index (Phi) is 66.3. The lowest BCUT2D eigenvalue weighted by Crippen LogP contribution is -2.30. The van der Waals surface area contributed by atoms with Crippen molar-refractivity contribution < 1.29 is 28.6 Å². The van der Waals surface area contributed by atoms with Gasteiger partial charge in [0.1, 0.15) is 13.2 Å². The Labute approximate surface area is 513 Å². The van der Waals surface area contributed by atoms with E-state index < -0.39 is 6.10 Å². The van der Waals surface area contributed by atoms with Gasteiger partial charge in [-0.3, -0.25) is 14.4 Å². The molecule has 0 bridgehead atoms. The normalized spacial score (nSPS) is 13.0. The van der Waals surface area contributed by atoms with Crippen molar-refractivity contribution in [1.82, 2.24) is 0 Å². The van der Waals surface area contributed by atoms with Crippen LogP contribution < -0.4 is 0 Å². The second kappa shape index (κ2) is 70.0. The molecule has 0 aromatic rings. The SMILES string of the molecule is CC/C=C\C/C=C\C/C=C\C/C=C\C/C=C\C/C=C\C/C=C\CCCC(=O)OC(COC(=O)CCCCCCCCCCCCCCCCC)COC(=O)CCCCCCCCCCCCCCCC/C=C\C/C=C\C/C=C\C/C=C\CC. The van der Waals surface area contributed by atoms with Gasteiger partial charge in [-0.2, -0.15) is 0 Å². The fourth-order valence-electron chi connectivity index (χ4n) is 9.54. The van der Waals surface area contributed by atoms with Crippen LogP contribution in [0.2, 0.25) is 0 Å². The largest absolute Gasteiger partial charge is 0.462 e. The first-order valence-electron chi connectivity index (χ1n) is 34.7. The molecular formula is C77H128O6. The Balaban J connectivity index is 4.41. The minimum atomic E-state index is -0.813. The van der Waals surface area contributed by atoms with Crippen molar-refractivity contribution in [3.8, 4) is 0 Å². The van der Waals surface area contributed by atoms with Crippen molar-refractivity contribution in [2.75, 3.05) is 13.2 Å². The molecule has 83 heavy (non-hydrogen) atoms. The van der Waals surface area contributed by atoms with Crippen LogP contribution in [-0.2, 0) is 28.6 Å².